The number of rotatable bonds is 8. The number of unbranched alkanes of at least 4 members (excludes halogenated alkanes) is 2. The van der Waals surface area contributed by atoms with Crippen molar-refractivity contribution in [3.05, 3.63) is 65.5 Å². The minimum absolute atomic E-state index is 0.0606. The van der Waals surface area contributed by atoms with Gasteiger partial charge in [0.1, 0.15) is 11.6 Å². The van der Waals surface area contributed by atoms with Crippen molar-refractivity contribution >= 4 is 10.8 Å². The average molecular weight is 386 g/mol. The highest BCUT2D eigenvalue weighted by atomic mass is 19.3. The first kappa shape index (κ1) is 20.2. The summed E-state index contributed by atoms with van der Waals surface area (Å²) in [5, 5.41) is 0.992. The average Bonchev–Trinajstić information content (AvgIpc) is 2.69. The molecular formula is C24H25F3O. The van der Waals surface area contributed by atoms with Gasteiger partial charge in [-0.15, -0.1) is 0 Å². The van der Waals surface area contributed by atoms with Crippen LogP contribution >= 0.6 is 0 Å². The van der Waals surface area contributed by atoms with Crippen molar-refractivity contribution in [2.45, 2.75) is 52.6 Å². The second-order valence-electron chi connectivity index (χ2n) is 6.99. The molecule has 4 heteroatoms. The summed E-state index contributed by atoms with van der Waals surface area (Å²) < 4.78 is 45.6. The Morgan fingerprint density at radius 1 is 0.893 bits per heavy atom. The molecule has 0 spiro atoms. The number of aryl methyl sites for hydroxylation is 1. The molecule has 0 radical (unpaired) electrons. The first-order valence-corrected chi connectivity index (χ1v) is 9.82. The molecule has 0 aliphatic heterocycles. The van der Waals surface area contributed by atoms with Gasteiger partial charge in [0.05, 0.1) is 0 Å². The Morgan fingerprint density at radius 2 is 1.61 bits per heavy atom. The third kappa shape index (κ3) is 4.49. The summed E-state index contributed by atoms with van der Waals surface area (Å²) in [7, 11) is 0. The van der Waals surface area contributed by atoms with Gasteiger partial charge in [0.25, 0.3) is 0 Å². The van der Waals surface area contributed by atoms with Gasteiger partial charge in [-0.2, -0.15) is 8.78 Å². The van der Waals surface area contributed by atoms with Crippen molar-refractivity contribution in [2.24, 2.45) is 0 Å². The van der Waals surface area contributed by atoms with Crippen molar-refractivity contribution in [3.63, 3.8) is 0 Å². The topological polar surface area (TPSA) is 9.23 Å². The van der Waals surface area contributed by atoms with Gasteiger partial charge in [-0.1, -0.05) is 63.1 Å². The predicted octanol–water partition coefficient (Wildman–Crippen LogP) is 7.54. The second kappa shape index (κ2) is 9.13. The number of ether oxygens (including phenoxy) is 1. The molecule has 3 rings (SSSR count). The lowest BCUT2D eigenvalue weighted by Gasteiger charge is -2.15. The molecule has 0 aliphatic rings. The standard InChI is InChI=1S/C24H25F3O/c1-3-5-6-7-21-22(28-24(26)27)15-19-14-18(12-13-20(19)23(21)25)17-10-8-16(4-2)9-11-17/h8-15,24H,3-7H2,1-2H3. The molecular weight excluding hydrogens is 361 g/mol. The SMILES string of the molecule is CCCCCc1c(OC(F)F)cc2cc(-c3ccc(CC)cc3)ccc2c1F. The molecule has 0 bridgehead atoms. The van der Waals surface area contributed by atoms with Crippen LogP contribution in [0.3, 0.4) is 0 Å². The molecule has 0 aromatic heterocycles. The number of hydrogen-bond acceptors (Lipinski definition) is 1. The zero-order valence-electron chi connectivity index (χ0n) is 16.3. The van der Waals surface area contributed by atoms with Crippen molar-refractivity contribution in [3.8, 4) is 16.9 Å². The van der Waals surface area contributed by atoms with E-state index in [2.05, 4.69) is 23.8 Å². The molecule has 0 fully saturated rings. The van der Waals surface area contributed by atoms with E-state index in [-0.39, 0.29) is 11.3 Å². The van der Waals surface area contributed by atoms with Crippen molar-refractivity contribution < 1.29 is 17.9 Å². The van der Waals surface area contributed by atoms with Crippen LogP contribution in [0.4, 0.5) is 13.2 Å². The van der Waals surface area contributed by atoms with Crippen LogP contribution < -0.4 is 4.74 Å². The fourth-order valence-corrected chi connectivity index (χ4v) is 3.48. The van der Waals surface area contributed by atoms with Crippen LogP contribution in [0.25, 0.3) is 21.9 Å². The van der Waals surface area contributed by atoms with Crippen LogP contribution in [-0.4, -0.2) is 6.61 Å². The van der Waals surface area contributed by atoms with E-state index >= 15 is 4.39 Å². The maximum atomic E-state index is 15.1. The minimum Gasteiger partial charge on any atom is -0.434 e. The monoisotopic (exact) mass is 386 g/mol. The van der Waals surface area contributed by atoms with E-state index in [1.807, 2.05) is 31.2 Å². The summed E-state index contributed by atoms with van der Waals surface area (Å²) in [5.41, 5.74) is 3.39. The highest BCUT2D eigenvalue weighted by Crippen LogP contribution is 2.34. The fraction of sp³-hybridized carbons (Fsp3) is 0.333. The summed E-state index contributed by atoms with van der Waals surface area (Å²) in [5.74, 6) is -0.522. The molecule has 0 aliphatic carbocycles. The number of fused-ring (bicyclic) bond motifs is 1. The van der Waals surface area contributed by atoms with E-state index < -0.39 is 12.4 Å². The lowest BCUT2D eigenvalue weighted by atomic mass is 9.96. The van der Waals surface area contributed by atoms with Gasteiger partial charge in [0, 0.05) is 10.9 Å². The van der Waals surface area contributed by atoms with Crippen LogP contribution in [0.5, 0.6) is 5.75 Å². The first-order valence-electron chi connectivity index (χ1n) is 9.82. The molecule has 3 aromatic rings. The molecule has 0 N–H and O–H groups in total. The van der Waals surface area contributed by atoms with E-state index in [9.17, 15) is 8.78 Å². The number of alkyl halides is 2. The lowest BCUT2D eigenvalue weighted by Crippen LogP contribution is -2.06. The van der Waals surface area contributed by atoms with Crippen LogP contribution in [0.2, 0.25) is 0 Å². The van der Waals surface area contributed by atoms with Crippen LogP contribution in [0, 0.1) is 5.82 Å². The summed E-state index contributed by atoms with van der Waals surface area (Å²) in [4.78, 5) is 0. The Bertz CT molecular complexity index is 933. The smallest absolute Gasteiger partial charge is 0.387 e. The molecule has 28 heavy (non-hydrogen) atoms. The Balaban J connectivity index is 2.05. The predicted molar refractivity (Wildman–Crippen MR) is 109 cm³/mol. The molecule has 1 nitrogen and oxygen atoms in total. The van der Waals surface area contributed by atoms with Gasteiger partial charge in [0.2, 0.25) is 0 Å². The molecule has 0 atom stereocenters. The van der Waals surface area contributed by atoms with Gasteiger partial charge >= 0.3 is 6.61 Å². The lowest BCUT2D eigenvalue weighted by molar-refractivity contribution is -0.0505. The highest BCUT2D eigenvalue weighted by molar-refractivity contribution is 5.90. The zero-order chi connectivity index (χ0) is 20.1. The van der Waals surface area contributed by atoms with Gasteiger partial charge in [-0.3, -0.25) is 0 Å². The Hall–Kier alpha value is -2.49. The largest absolute Gasteiger partial charge is 0.434 e. The van der Waals surface area contributed by atoms with Gasteiger partial charge in [-0.05, 0) is 53.5 Å². The van der Waals surface area contributed by atoms with Crippen molar-refractivity contribution in [2.75, 3.05) is 0 Å². The number of hydrogen-bond donors (Lipinski definition) is 0. The summed E-state index contributed by atoms with van der Waals surface area (Å²) >= 11 is 0. The summed E-state index contributed by atoms with van der Waals surface area (Å²) in [6, 6.07) is 15.1. The van der Waals surface area contributed by atoms with E-state index in [4.69, 9.17) is 0 Å². The summed E-state index contributed by atoms with van der Waals surface area (Å²) in [6.07, 6.45) is 3.97. The van der Waals surface area contributed by atoms with E-state index in [1.165, 1.54) is 11.6 Å². The van der Waals surface area contributed by atoms with Gasteiger partial charge < -0.3 is 4.74 Å². The van der Waals surface area contributed by atoms with Crippen LogP contribution in [-0.2, 0) is 12.8 Å². The fourth-order valence-electron chi connectivity index (χ4n) is 3.48. The third-order valence-corrected chi connectivity index (χ3v) is 5.08. The normalized spacial score (nSPS) is 11.4. The molecule has 3 aromatic carbocycles. The number of halogens is 3. The second-order valence-corrected chi connectivity index (χ2v) is 6.99. The third-order valence-electron chi connectivity index (χ3n) is 5.08. The molecule has 0 saturated carbocycles. The molecule has 0 saturated heterocycles. The molecule has 148 valence electrons. The quantitative estimate of drug-likeness (QED) is 0.363. The van der Waals surface area contributed by atoms with Gasteiger partial charge in [-0.25, -0.2) is 4.39 Å². The van der Waals surface area contributed by atoms with E-state index in [0.29, 0.717) is 17.2 Å². The first-order chi connectivity index (χ1) is 13.5. The maximum Gasteiger partial charge on any atom is 0.387 e. The van der Waals surface area contributed by atoms with E-state index in [0.717, 1.165) is 36.8 Å². The van der Waals surface area contributed by atoms with Crippen LogP contribution in [0.1, 0.15) is 44.2 Å². The molecule has 0 amide bonds. The Kier molecular flexibility index (Phi) is 6.61. The van der Waals surface area contributed by atoms with Gasteiger partial charge in [0.15, 0.2) is 0 Å². The van der Waals surface area contributed by atoms with Crippen LogP contribution in [0.15, 0.2) is 48.5 Å². The molecule has 0 heterocycles. The Morgan fingerprint density at radius 3 is 2.25 bits per heavy atom. The summed E-state index contributed by atoms with van der Waals surface area (Å²) in [6.45, 7) is 1.16. The Labute approximate surface area is 164 Å². The van der Waals surface area contributed by atoms with Crippen molar-refractivity contribution in [1.82, 2.24) is 0 Å². The minimum atomic E-state index is -2.98. The maximum absolute atomic E-state index is 15.1. The zero-order valence-corrected chi connectivity index (χ0v) is 16.3. The van der Waals surface area contributed by atoms with E-state index in [1.54, 1.807) is 6.07 Å². The molecule has 0 unspecified atom stereocenters. The van der Waals surface area contributed by atoms with Crippen molar-refractivity contribution in [1.29, 1.82) is 0 Å². The number of benzene rings is 3. The highest BCUT2D eigenvalue weighted by Gasteiger charge is 2.18.